The van der Waals surface area contributed by atoms with Crippen molar-refractivity contribution in [1.29, 1.82) is 0 Å². The molecule has 1 atom stereocenters. The number of aliphatic hydroxyl groups is 1. The predicted octanol–water partition coefficient (Wildman–Crippen LogP) is 3.90. The molecule has 0 aromatic heterocycles. The molecule has 0 saturated carbocycles. The molecule has 5 nitrogen and oxygen atoms in total. The van der Waals surface area contributed by atoms with Gasteiger partial charge >= 0.3 is 0 Å². The fourth-order valence-electron chi connectivity index (χ4n) is 3.76. The minimum atomic E-state index is -0.720. The summed E-state index contributed by atoms with van der Waals surface area (Å²) in [5.74, 6) is -2.08. The number of carbonyl (C=O) groups is 2. The zero-order chi connectivity index (χ0) is 21.8. The summed E-state index contributed by atoms with van der Waals surface area (Å²) in [7, 11) is 0. The van der Waals surface area contributed by atoms with Crippen molar-refractivity contribution in [2.75, 3.05) is 26.2 Å². The highest BCUT2D eigenvalue weighted by Gasteiger charge is 2.45. The lowest BCUT2D eigenvalue weighted by molar-refractivity contribution is -0.140. The molecule has 1 amide bonds. The number of hydrogen-bond acceptors (Lipinski definition) is 4. The van der Waals surface area contributed by atoms with Crippen molar-refractivity contribution in [1.82, 2.24) is 9.80 Å². The number of hydrogen-bond donors (Lipinski definition) is 1. The second kappa shape index (κ2) is 9.22. The Bertz CT molecular complexity index is 947. The van der Waals surface area contributed by atoms with E-state index in [1.165, 1.54) is 29.2 Å². The van der Waals surface area contributed by atoms with E-state index in [-0.39, 0.29) is 11.3 Å². The molecule has 2 aromatic carbocycles. The van der Waals surface area contributed by atoms with Gasteiger partial charge < -0.3 is 14.9 Å². The van der Waals surface area contributed by atoms with Gasteiger partial charge in [-0.2, -0.15) is 0 Å². The lowest BCUT2D eigenvalue weighted by Gasteiger charge is -2.28. The molecule has 6 heteroatoms. The number of Topliss-reactive ketones (excluding diaryl/α,β-unsaturated/α-hetero) is 1. The van der Waals surface area contributed by atoms with Crippen molar-refractivity contribution in [3.8, 4) is 0 Å². The van der Waals surface area contributed by atoms with Crippen LogP contribution >= 0.6 is 0 Å². The first-order valence-electron chi connectivity index (χ1n) is 10.2. The van der Waals surface area contributed by atoms with Crippen molar-refractivity contribution in [3.63, 3.8) is 0 Å². The summed E-state index contributed by atoms with van der Waals surface area (Å²) in [6.45, 7) is 8.72. The smallest absolute Gasteiger partial charge is 0.295 e. The van der Waals surface area contributed by atoms with Crippen molar-refractivity contribution in [3.05, 3.63) is 76.6 Å². The Labute approximate surface area is 176 Å². The van der Waals surface area contributed by atoms with Crippen molar-refractivity contribution in [2.24, 2.45) is 0 Å². The Morgan fingerprint density at radius 3 is 2.20 bits per heavy atom. The highest BCUT2D eigenvalue weighted by molar-refractivity contribution is 6.46. The molecule has 2 aromatic rings. The normalized spacial score (nSPS) is 18.4. The van der Waals surface area contributed by atoms with E-state index in [9.17, 15) is 19.1 Å². The van der Waals surface area contributed by atoms with E-state index in [1.807, 2.05) is 45.0 Å². The summed E-state index contributed by atoms with van der Waals surface area (Å²) in [5, 5.41) is 10.9. The van der Waals surface area contributed by atoms with Gasteiger partial charge in [0.2, 0.25) is 0 Å². The fourth-order valence-corrected chi connectivity index (χ4v) is 3.76. The van der Waals surface area contributed by atoms with Gasteiger partial charge in [-0.1, -0.05) is 43.7 Å². The third kappa shape index (κ3) is 4.28. The SMILES string of the molecule is CCN(CC)CCN1C(=O)C(=O)C(=C(O)c2ccc(F)cc2)[C@H]1c1ccc(C)cc1. The number of likely N-dealkylation sites (N-methyl/N-ethyl adjacent to an activating group) is 1. The molecule has 1 aliphatic heterocycles. The predicted molar refractivity (Wildman–Crippen MR) is 114 cm³/mol. The highest BCUT2D eigenvalue weighted by atomic mass is 19.1. The number of nitrogens with zero attached hydrogens (tertiary/aromatic N) is 2. The molecule has 1 N–H and O–H groups in total. The van der Waals surface area contributed by atoms with E-state index in [0.29, 0.717) is 18.7 Å². The zero-order valence-electron chi connectivity index (χ0n) is 17.6. The number of aliphatic hydroxyl groups excluding tert-OH is 1. The second-order valence-electron chi connectivity index (χ2n) is 7.44. The third-order valence-electron chi connectivity index (χ3n) is 5.60. The van der Waals surface area contributed by atoms with Gasteiger partial charge in [-0.15, -0.1) is 0 Å². The first kappa shape index (κ1) is 21.7. The maximum atomic E-state index is 13.3. The molecule has 1 fully saturated rings. The zero-order valence-corrected chi connectivity index (χ0v) is 17.6. The molecule has 0 radical (unpaired) electrons. The molecule has 1 saturated heterocycles. The molecule has 0 unspecified atom stereocenters. The van der Waals surface area contributed by atoms with Crippen LogP contribution in [0.1, 0.15) is 36.6 Å². The fraction of sp³-hybridized carbons (Fsp3) is 0.333. The molecule has 0 spiro atoms. The molecule has 0 bridgehead atoms. The van der Waals surface area contributed by atoms with Gasteiger partial charge in [-0.3, -0.25) is 9.59 Å². The number of halogens is 1. The molecule has 3 rings (SSSR count). The van der Waals surface area contributed by atoms with E-state index in [2.05, 4.69) is 4.90 Å². The van der Waals surface area contributed by atoms with Gasteiger partial charge in [0.15, 0.2) is 0 Å². The summed E-state index contributed by atoms with van der Waals surface area (Å²) >= 11 is 0. The topological polar surface area (TPSA) is 60.9 Å². The molecule has 30 heavy (non-hydrogen) atoms. The minimum Gasteiger partial charge on any atom is -0.507 e. The van der Waals surface area contributed by atoms with Crippen LogP contribution in [0.25, 0.3) is 5.76 Å². The Morgan fingerprint density at radius 2 is 1.63 bits per heavy atom. The Kier molecular flexibility index (Phi) is 6.67. The van der Waals surface area contributed by atoms with Gasteiger partial charge in [0.1, 0.15) is 11.6 Å². The quantitative estimate of drug-likeness (QED) is 0.427. The molecule has 1 heterocycles. The molecular formula is C24H27FN2O3. The van der Waals surface area contributed by atoms with E-state index in [0.717, 1.165) is 24.2 Å². The van der Waals surface area contributed by atoms with Gasteiger partial charge in [0, 0.05) is 18.7 Å². The van der Waals surface area contributed by atoms with Crippen LogP contribution in [0, 0.1) is 12.7 Å². The minimum absolute atomic E-state index is 0.0370. The maximum absolute atomic E-state index is 13.3. The number of aryl methyl sites for hydroxylation is 1. The first-order valence-corrected chi connectivity index (χ1v) is 10.2. The van der Waals surface area contributed by atoms with E-state index in [1.54, 1.807) is 0 Å². The lowest BCUT2D eigenvalue weighted by Crippen LogP contribution is -2.38. The summed E-state index contributed by atoms with van der Waals surface area (Å²) in [6, 6.07) is 12.1. The Balaban J connectivity index is 2.08. The number of carbonyl (C=O) groups excluding carboxylic acids is 2. The van der Waals surface area contributed by atoms with E-state index in [4.69, 9.17) is 0 Å². The molecule has 158 valence electrons. The molecule has 0 aliphatic carbocycles. The third-order valence-corrected chi connectivity index (χ3v) is 5.60. The largest absolute Gasteiger partial charge is 0.507 e. The Hall–Kier alpha value is -2.99. The van der Waals surface area contributed by atoms with Crippen LogP contribution in [0.3, 0.4) is 0 Å². The number of likely N-dealkylation sites (tertiary alicyclic amines) is 1. The lowest BCUT2D eigenvalue weighted by atomic mass is 9.94. The standard InChI is InChI=1S/C24H27FN2O3/c1-4-26(5-2)14-15-27-21(17-8-6-16(3)7-9-17)20(23(29)24(27)30)22(28)18-10-12-19(25)13-11-18/h6-13,21,28H,4-5,14-15H2,1-3H3/t21-/m1/s1. The van der Waals surface area contributed by atoms with Gasteiger partial charge in [0.25, 0.3) is 11.7 Å². The van der Waals surface area contributed by atoms with Crippen molar-refractivity contribution >= 4 is 17.4 Å². The van der Waals surface area contributed by atoms with Crippen LogP contribution in [-0.2, 0) is 9.59 Å². The summed E-state index contributed by atoms with van der Waals surface area (Å²) in [4.78, 5) is 29.5. The number of ketones is 1. The van der Waals surface area contributed by atoms with E-state index >= 15 is 0 Å². The van der Waals surface area contributed by atoms with Crippen LogP contribution in [0.2, 0.25) is 0 Å². The summed E-state index contributed by atoms with van der Waals surface area (Å²) in [6.07, 6.45) is 0. The number of amides is 1. The number of rotatable bonds is 7. The average Bonchev–Trinajstić information content (AvgIpc) is 3.00. The highest BCUT2D eigenvalue weighted by Crippen LogP contribution is 2.39. The van der Waals surface area contributed by atoms with E-state index < -0.39 is 23.5 Å². The van der Waals surface area contributed by atoms with Crippen molar-refractivity contribution < 1.29 is 19.1 Å². The second-order valence-corrected chi connectivity index (χ2v) is 7.44. The van der Waals surface area contributed by atoms with Gasteiger partial charge in [0.05, 0.1) is 11.6 Å². The number of benzene rings is 2. The van der Waals surface area contributed by atoms with Crippen molar-refractivity contribution in [2.45, 2.75) is 26.8 Å². The molecule has 1 aliphatic rings. The maximum Gasteiger partial charge on any atom is 0.295 e. The van der Waals surface area contributed by atoms with Crippen LogP contribution in [-0.4, -0.2) is 52.8 Å². The average molecular weight is 410 g/mol. The van der Waals surface area contributed by atoms with Crippen LogP contribution in [0.4, 0.5) is 4.39 Å². The van der Waals surface area contributed by atoms with Gasteiger partial charge in [-0.05, 0) is 49.8 Å². The molecular weight excluding hydrogens is 383 g/mol. The van der Waals surface area contributed by atoms with Crippen LogP contribution in [0.5, 0.6) is 0 Å². The van der Waals surface area contributed by atoms with Crippen LogP contribution in [0.15, 0.2) is 54.1 Å². The van der Waals surface area contributed by atoms with Crippen LogP contribution < -0.4 is 0 Å². The monoisotopic (exact) mass is 410 g/mol. The summed E-state index contributed by atoms with van der Waals surface area (Å²) in [5.41, 5.74) is 2.14. The van der Waals surface area contributed by atoms with Gasteiger partial charge in [-0.25, -0.2) is 4.39 Å². The Morgan fingerprint density at radius 1 is 1.03 bits per heavy atom. The summed E-state index contributed by atoms with van der Waals surface area (Å²) < 4.78 is 13.3. The first-order chi connectivity index (χ1) is 14.4.